The first-order valence-corrected chi connectivity index (χ1v) is 6.54. The van der Waals surface area contributed by atoms with E-state index in [1.54, 1.807) is 19.2 Å². The maximum absolute atomic E-state index is 9.11. The van der Waals surface area contributed by atoms with Crippen molar-refractivity contribution in [2.24, 2.45) is 0 Å². The van der Waals surface area contributed by atoms with Gasteiger partial charge in [-0.15, -0.1) is 0 Å². The molecule has 5 heteroatoms. The molecule has 3 rings (SSSR count). The Hall–Kier alpha value is -2.53. The fourth-order valence-corrected chi connectivity index (χ4v) is 2.01. The number of aliphatic hydroxyl groups is 1. The second-order valence-corrected chi connectivity index (χ2v) is 4.54. The highest BCUT2D eigenvalue weighted by Gasteiger charge is 2.07. The van der Waals surface area contributed by atoms with E-state index in [0.29, 0.717) is 17.2 Å². The van der Waals surface area contributed by atoms with E-state index in [-0.39, 0.29) is 13.2 Å². The molecule has 1 heterocycles. The van der Waals surface area contributed by atoms with Crippen LogP contribution in [0.4, 0.5) is 0 Å². The Morgan fingerprint density at radius 1 is 1.14 bits per heavy atom. The van der Waals surface area contributed by atoms with Crippen molar-refractivity contribution in [3.05, 3.63) is 53.9 Å². The SMILES string of the molecule is COc1cccc(OCc2nc3ccc(CO)cc3o2)c1. The molecule has 1 N–H and O–H groups in total. The van der Waals surface area contributed by atoms with Gasteiger partial charge in [-0.2, -0.15) is 0 Å². The predicted molar refractivity (Wildman–Crippen MR) is 77.3 cm³/mol. The van der Waals surface area contributed by atoms with Gasteiger partial charge in [0.05, 0.1) is 13.7 Å². The zero-order chi connectivity index (χ0) is 14.7. The maximum atomic E-state index is 9.11. The van der Waals surface area contributed by atoms with Crippen molar-refractivity contribution in [1.82, 2.24) is 4.98 Å². The number of aromatic nitrogens is 1. The van der Waals surface area contributed by atoms with Crippen molar-refractivity contribution in [2.75, 3.05) is 7.11 Å². The zero-order valence-corrected chi connectivity index (χ0v) is 11.6. The molecule has 0 unspecified atom stereocenters. The van der Waals surface area contributed by atoms with Gasteiger partial charge < -0.3 is 19.0 Å². The number of benzene rings is 2. The molecule has 0 fully saturated rings. The van der Waals surface area contributed by atoms with Gasteiger partial charge in [0, 0.05) is 6.07 Å². The van der Waals surface area contributed by atoms with Gasteiger partial charge in [-0.1, -0.05) is 12.1 Å². The molecule has 21 heavy (non-hydrogen) atoms. The molecule has 0 aliphatic carbocycles. The van der Waals surface area contributed by atoms with Crippen LogP contribution < -0.4 is 9.47 Å². The van der Waals surface area contributed by atoms with E-state index < -0.39 is 0 Å². The molecule has 0 saturated carbocycles. The normalized spacial score (nSPS) is 10.8. The molecule has 0 amide bonds. The molecule has 108 valence electrons. The lowest BCUT2D eigenvalue weighted by molar-refractivity contribution is 0.265. The molecule has 0 radical (unpaired) electrons. The first kappa shape index (κ1) is 13.5. The second-order valence-electron chi connectivity index (χ2n) is 4.54. The summed E-state index contributed by atoms with van der Waals surface area (Å²) < 4.78 is 16.4. The van der Waals surface area contributed by atoms with E-state index in [0.717, 1.165) is 16.8 Å². The van der Waals surface area contributed by atoms with Crippen LogP contribution in [-0.4, -0.2) is 17.2 Å². The van der Waals surface area contributed by atoms with Crippen LogP contribution in [0.15, 0.2) is 46.9 Å². The van der Waals surface area contributed by atoms with Crippen molar-refractivity contribution in [2.45, 2.75) is 13.2 Å². The average Bonchev–Trinajstić information content (AvgIpc) is 2.95. The molecule has 3 aromatic rings. The van der Waals surface area contributed by atoms with Crippen LogP contribution in [0.25, 0.3) is 11.1 Å². The third-order valence-electron chi connectivity index (χ3n) is 3.08. The highest BCUT2D eigenvalue weighted by molar-refractivity contribution is 5.73. The molecule has 0 aliphatic rings. The maximum Gasteiger partial charge on any atom is 0.233 e. The van der Waals surface area contributed by atoms with Crippen LogP contribution in [0.5, 0.6) is 11.5 Å². The van der Waals surface area contributed by atoms with Crippen LogP contribution in [0.1, 0.15) is 11.5 Å². The van der Waals surface area contributed by atoms with Gasteiger partial charge in [-0.25, -0.2) is 4.98 Å². The summed E-state index contributed by atoms with van der Waals surface area (Å²) in [6.07, 6.45) is 0. The van der Waals surface area contributed by atoms with Gasteiger partial charge in [0.2, 0.25) is 5.89 Å². The smallest absolute Gasteiger partial charge is 0.233 e. The summed E-state index contributed by atoms with van der Waals surface area (Å²) in [6.45, 7) is 0.211. The number of nitrogens with zero attached hydrogens (tertiary/aromatic N) is 1. The van der Waals surface area contributed by atoms with Crippen molar-refractivity contribution in [3.8, 4) is 11.5 Å². The van der Waals surface area contributed by atoms with Gasteiger partial charge in [0.1, 0.15) is 17.0 Å². The number of rotatable bonds is 5. The van der Waals surface area contributed by atoms with Gasteiger partial charge >= 0.3 is 0 Å². The minimum absolute atomic E-state index is 0.0215. The number of methoxy groups -OCH3 is 1. The number of hydrogen-bond acceptors (Lipinski definition) is 5. The standard InChI is InChI=1S/C16H15NO4/c1-19-12-3-2-4-13(8-12)20-10-16-17-14-6-5-11(9-18)7-15(14)21-16/h2-8,18H,9-10H2,1H3. The Labute approximate surface area is 121 Å². The molecule has 0 spiro atoms. The number of ether oxygens (including phenoxy) is 2. The monoisotopic (exact) mass is 285 g/mol. The summed E-state index contributed by atoms with van der Waals surface area (Å²) in [5.41, 5.74) is 2.18. The van der Waals surface area contributed by atoms with Crippen LogP contribution in [0.3, 0.4) is 0 Å². The second kappa shape index (κ2) is 5.85. The molecular weight excluding hydrogens is 270 g/mol. The van der Waals surface area contributed by atoms with Crippen molar-refractivity contribution in [3.63, 3.8) is 0 Å². The average molecular weight is 285 g/mol. The number of hydrogen-bond donors (Lipinski definition) is 1. The van der Waals surface area contributed by atoms with Crippen LogP contribution in [0.2, 0.25) is 0 Å². The van der Waals surface area contributed by atoms with Crippen molar-refractivity contribution < 1.29 is 19.0 Å². The van der Waals surface area contributed by atoms with Gasteiger partial charge in [-0.05, 0) is 29.8 Å². The summed E-state index contributed by atoms with van der Waals surface area (Å²) in [4.78, 5) is 4.34. The predicted octanol–water partition coefficient (Wildman–Crippen LogP) is 2.91. The van der Waals surface area contributed by atoms with Gasteiger partial charge in [-0.3, -0.25) is 0 Å². The first-order valence-electron chi connectivity index (χ1n) is 6.54. The number of fused-ring (bicyclic) bond motifs is 1. The lowest BCUT2D eigenvalue weighted by atomic mass is 10.2. The summed E-state index contributed by atoms with van der Waals surface area (Å²) in [5, 5.41) is 9.11. The highest BCUT2D eigenvalue weighted by atomic mass is 16.5. The summed E-state index contributed by atoms with van der Waals surface area (Å²) in [6, 6.07) is 12.8. The Kier molecular flexibility index (Phi) is 3.75. The van der Waals surface area contributed by atoms with E-state index in [2.05, 4.69) is 4.98 Å². The van der Waals surface area contributed by atoms with E-state index >= 15 is 0 Å². The molecule has 0 bridgehead atoms. The molecule has 0 aliphatic heterocycles. The topological polar surface area (TPSA) is 64.7 Å². The lowest BCUT2D eigenvalue weighted by Crippen LogP contribution is -1.95. The van der Waals surface area contributed by atoms with Gasteiger partial charge in [0.15, 0.2) is 12.2 Å². The number of oxazole rings is 1. The van der Waals surface area contributed by atoms with Crippen molar-refractivity contribution >= 4 is 11.1 Å². The van der Waals surface area contributed by atoms with Crippen LogP contribution in [0, 0.1) is 0 Å². The van der Waals surface area contributed by atoms with Crippen LogP contribution >= 0.6 is 0 Å². The first-order chi connectivity index (χ1) is 10.3. The fourth-order valence-electron chi connectivity index (χ4n) is 2.01. The Morgan fingerprint density at radius 2 is 2.00 bits per heavy atom. The molecule has 2 aromatic carbocycles. The molecular formula is C16H15NO4. The lowest BCUT2D eigenvalue weighted by Gasteiger charge is -2.05. The van der Waals surface area contributed by atoms with E-state index in [1.165, 1.54) is 0 Å². The van der Waals surface area contributed by atoms with Crippen LogP contribution in [-0.2, 0) is 13.2 Å². The largest absolute Gasteiger partial charge is 0.497 e. The zero-order valence-electron chi connectivity index (χ0n) is 11.6. The Morgan fingerprint density at radius 3 is 2.81 bits per heavy atom. The van der Waals surface area contributed by atoms with E-state index in [1.807, 2.05) is 30.3 Å². The minimum Gasteiger partial charge on any atom is -0.497 e. The Bertz CT molecular complexity index is 751. The summed E-state index contributed by atoms with van der Waals surface area (Å²) >= 11 is 0. The van der Waals surface area contributed by atoms with E-state index in [9.17, 15) is 0 Å². The molecule has 0 saturated heterocycles. The summed E-state index contributed by atoms with van der Waals surface area (Å²) in [7, 11) is 1.61. The minimum atomic E-state index is -0.0215. The third-order valence-corrected chi connectivity index (χ3v) is 3.08. The molecule has 1 aromatic heterocycles. The van der Waals surface area contributed by atoms with E-state index in [4.69, 9.17) is 19.0 Å². The number of aliphatic hydroxyl groups excluding tert-OH is 1. The highest BCUT2D eigenvalue weighted by Crippen LogP contribution is 2.21. The van der Waals surface area contributed by atoms with Gasteiger partial charge in [0.25, 0.3) is 0 Å². The fraction of sp³-hybridized carbons (Fsp3) is 0.188. The Balaban J connectivity index is 1.75. The molecule has 0 atom stereocenters. The summed E-state index contributed by atoms with van der Waals surface area (Å²) in [5.74, 6) is 1.91. The third kappa shape index (κ3) is 2.98. The quantitative estimate of drug-likeness (QED) is 0.781. The van der Waals surface area contributed by atoms with Crippen molar-refractivity contribution in [1.29, 1.82) is 0 Å². The molecule has 5 nitrogen and oxygen atoms in total.